The van der Waals surface area contributed by atoms with Crippen molar-refractivity contribution in [1.82, 2.24) is 15.3 Å². The Labute approximate surface area is 211 Å². The zero-order valence-electron chi connectivity index (χ0n) is 19.7. The van der Waals surface area contributed by atoms with Gasteiger partial charge in [-0.05, 0) is 18.2 Å². The average molecular weight is 519 g/mol. The molecule has 0 aliphatic carbocycles. The zero-order valence-corrected chi connectivity index (χ0v) is 20.4. The van der Waals surface area contributed by atoms with Crippen LogP contribution in [0.1, 0.15) is 29.9 Å². The van der Waals surface area contributed by atoms with Gasteiger partial charge in [0.15, 0.2) is 5.75 Å². The molecule has 1 fully saturated rings. The van der Waals surface area contributed by atoms with Crippen LogP contribution in [0.5, 0.6) is 11.5 Å². The van der Waals surface area contributed by atoms with E-state index >= 15 is 0 Å². The minimum atomic E-state index is -3.08. The van der Waals surface area contributed by atoms with E-state index in [9.17, 15) is 13.6 Å². The second kappa shape index (κ2) is 9.59. The Hall–Kier alpha value is -3.37. The summed E-state index contributed by atoms with van der Waals surface area (Å²) in [6.07, 6.45) is 3.71. The molecular weight excluding hydrogens is 494 g/mol. The number of amides is 1. The van der Waals surface area contributed by atoms with Gasteiger partial charge >= 0.3 is 6.61 Å². The molecule has 11 heteroatoms. The van der Waals surface area contributed by atoms with Gasteiger partial charge in [0.05, 0.1) is 46.6 Å². The predicted molar refractivity (Wildman–Crippen MR) is 130 cm³/mol. The third-order valence-corrected chi connectivity index (χ3v) is 6.67. The number of carbonyl (C=O) groups excluding carboxylic acids is 1. The van der Waals surface area contributed by atoms with Gasteiger partial charge in [-0.15, -0.1) is 0 Å². The van der Waals surface area contributed by atoms with Crippen molar-refractivity contribution in [2.24, 2.45) is 5.41 Å². The van der Waals surface area contributed by atoms with E-state index in [1.54, 1.807) is 30.6 Å². The van der Waals surface area contributed by atoms with E-state index in [2.05, 4.69) is 39.2 Å². The third kappa shape index (κ3) is 4.58. The van der Waals surface area contributed by atoms with Gasteiger partial charge in [-0.1, -0.05) is 31.5 Å². The average Bonchev–Trinajstić information content (AvgIpc) is 3.20. The number of fused-ring (bicyclic) bond motifs is 1. The van der Waals surface area contributed by atoms with Crippen LogP contribution >= 0.6 is 11.6 Å². The molecule has 0 radical (unpaired) electrons. The van der Waals surface area contributed by atoms with Crippen LogP contribution in [-0.2, 0) is 11.2 Å². The Bertz CT molecular complexity index is 1300. The fraction of sp³-hybridized carbons (Fsp3) is 0.360. The highest BCUT2D eigenvalue weighted by atomic mass is 35.5. The molecule has 1 atom stereocenters. The summed E-state index contributed by atoms with van der Waals surface area (Å²) in [4.78, 5) is 20.4. The van der Waals surface area contributed by atoms with E-state index in [0.29, 0.717) is 60.1 Å². The molecule has 4 heterocycles. The number of nitrogens with zero attached hydrogens (tertiary/aromatic N) is 1. The first-order valence-corrected chi connectivity index (χ1v) is 11.8. The fourth-order valence-electron chi connectivity index (χ4n) is 4.33. The lowest BCUT2D eigenvalue weighted by Gasteiger charge is -2.43. The number of aromatic amines is 1. The summed E-state index contributed by atoms with van der Waals surface area (Å²) >= 11 is 6.16. The van der Waals surface area contributed by atoms with Gasteiger partial charge < -0.3 is 29.8 Å². The Morgan fingerprint density at radius 3 is 2.89 bits per heavy atom. The lowest BCUT2D eigenvalue weighted by molar-refractivity contribution is -0.180. The highest BCUT2D eigenvalue weighted by Crippen LogP contribution is 2.43. The summed E-state index contributed by atoms with van der Waals surface area (Å²) in [5.41, 5.74) is 2.86. The number of ether oxygens (including phenoxy) is 3. The first-order chi connectivity index (χ1) is 17.2. The van der Waals surface area contributed by atoms with Gasteiger partial charge in [0.25, 0.3) is 5.91 Å². The van der Waals surface area contributed by atoms with Gasteiger partial charge in [0.2, 0.25) is 0 Å². The standard InChI is InChI=1S/C25H25ClF2N4O4/c1-25(2)12-35-18(25)11-34-17-10-29-8-6-13(17)20-21(19-15(31-20)7-9-30-23(19)33)32-16-5-3-4-14(26)22(16)36-24(27)28/h3-6,8,10,18,24,31-32H,7,9,11-12H2,1-2H3,(H,30,33). The summed E-state index contributed by atoms with van der Waals surface area (Å²) in [7, 11) is 0. The first-order valence-electron chi connectivity index (χ1n) is 11.5. The minimum Gasteiger partial charge on any atom is -0.489 e. The lowest BCUT2D eigenvalue weighted by Crippen LogP contribution is -2.50. The van der Waals surface area contributed by atoms with Crippen molar-refractivity contribution in [2.75, 3.05) is 25.1 Å². The molecule has 5 rings (SSSR count). The summed E-state index contributed by atoms with van der Waals surface area (Å²) in [5.74, 6) is -0.0244. The van der Waals surface area contributed by atoms with Crippen molar-refractivity contribution in [3.8, 4) is 22.8 Å². The molecule has 1 aromatic carbocycles. The molecule has 1 amide bonds. The number of H-pyrrole nitrogens is 1. The predicted octanol–water partition coefficient (Wildman–Crippen LogP) is 5.16. The molecule has 3 aromatic rings. The molecule has 8 nitrogen and oxygen atoms in total. The number of hydrogen-bond donors (Lipinski definition) is 3. The Morgan fingerprint density at radius 2 is 2.17 bits per heavy atom. The van der Waals surface area contributed by atoms with E-state index in [1.807, 2.05) is 0 Å². The molecule has 2 aliphatic rings. The van der Waals surface area contributed by atoms with Crippen LogP contribution in [-0.4, -0.2) is 48.3 Å². The summed E-state index contributed by atoms with van der Waals surface area (Å²) < 4.78 is 42.7. The number of pyridine rings is 1. The zero-order chi connectivity index (χ0) is 25.4. The molecule has 2 aliphatic heterocycles. The van der Waals surface area contributed by atoms with Gasteiger partial charge in [-0.3, -0.25) is 9.78 Å². The number of anilines is 2. The second-order valence-corrected chi connectivity index (χ2v) is 9.73. The molecule has 3 N–H and O–H groups in total. The number of alkyl halides is 2. The number of halogens is 3. The third-order valence-electron chi connectivity index (χ3n) is 6.37. The molecule has 36 heavy (non-hydrogen) atoms. The molecule has 0 saturated carbocycles. The van der Waals surface area contributed by atoms with Crippen LogP contribution in [0.3, 0.4) is 0 Å². The number of aromatic nitrogens is 2. The molecular formula is C25H25ClF2N4O4. The topological polar surface area (TPSA) is 97.5 Å². The molecule has 190 valence electrons. The molecule has 1 saturated heterocycles. The van der Waals surface area contributed by atoms with Gasteiger partial charge in [-0.25, -0.2) is 0 Å². The van der Waals surface area contributed by atoms with Crippen LogP contribution < -0.4 is 20.1 Å². The SMILES string of the molecule is CC1(C)COC1COc1cnccc1-c1[nH]c2c(c1Nc1cccc(Cl)c1OC(F)F)C(=O)NCC2. The van der Waals surface area contributed by atoms with Crippen LogP contribution in [0.25, 0.3) is 11.3 Å². The molecule has 0 spiro atoms. The first kappa shape index (κ1) is 24.3. The summed E-state index contributed by atoms with van der Waals surface area (Å²) in [6, 6.07) is 6.36. The maximum Gasteiger partial charge on any atom is 0.387 e. The fourth-order valence-corrected chi connectivity index (χ4v) is 4.55. The number of hydrogen-bond acceptors (Lipinski definition) is 6. The normalized spacial score (nSPS) is 18.3. The summed E-state index contributed by atoms with van der Waals surface area (Å²) in [5, 5.41) is 5.95. The second-order valence-electron chi connectivity index (χ2n) is 9.33. The van der Waals surface area contributed by atoms with Gasteiger partial charge in [0, 0.05) is 35.8 Å². The van der Waals surface area contributed by atoms with Crippen molar-refractivity contribution in [3.05, 3.63) is 52.9 Å². The smallest absolute Gasteiger partial charge is 0.387 e. The minimum absolute atomic E-state index is 0.00625. The quantitative estimate of drug-likeness (QED) is 0.381. The van der Waals surface area contributed by atoms with Crippen molar-refractivity contribution in [1.29, 1.82) is 0 Å². The van der Waals surface area contributed by atoms with E-state index < -0.39 is 6.61 Å². The van der Waals surface area contributed by atoms with E-state index in [4.69, 9.17) is 21.1 Å². The van der Waals surface area contributed by atoms with Crippen LogP contribution in [0.2, 0.25) is 5.02 Å². The van der Waals surface area contributed by atoms with E-state index in [0.717, 1.165) is 0 Å². The molecule has 0 bridgehead atoms. The largest absolute Gasteiger partial charge is 0.489 e. The molecule has 1 unspecified atom stereocenters. The highest BCUT2D eigenvalue weighted by molar-refractivity contribution is 6.32. The van der Waals surface area contributed by atoms with Gasteiger partial charge in [-0.2, -0.15) is 8.78 Å². The van der Waals surface area contributed by atoms with Crippen molar-refractivity contribution >= 4 is 28.9 Å². The molecule has 2 aromatic heterocycles. The highest BCUT2D eigenvalue weighted by Gasteiger charge is 2.40. The monoisotopic (exact) mass is 518 g/mol. The van der Waals surface area contributed by atoms with Crippen LogP contribution in [0.15, 0.2) is 36.7 Å². The Kier molecular flexibility index (Phi) is 6.48. The number of nitrogens with one attached hydrogen (secondary N) is 3. The van der Waals surface area contributed by atoms with Crippen LogP contribution in [0.4, 0.5) is 20.2 Å². The number of benzene rings is 1. The van der Waals surface area contributed by atoms with Crippen molar-refractivity contribution in [3.63, 3.8) is 0 Å². The Balaban J connectivity index is 1.57. The Morgan fingerprint density at radius 1 is 1.33 bits per heavy atom. The van der Waals surface area contributed by atoms with Crippen LogP contribution in [0, 0.1) is 5.41 Å². The van der Waals surface area contributed by atoms with Crippen molar-refractivity contribution in [2.45, 2.75) is 33.0 Å². The van der Waals surface area contributed by atoms with E-state index in [1.165, 1.54) is 6.07 Å². The number of carbonyl (C=O) groups is 1. The number of para-hydroxylation sites is 1. The van der Waals surface area contributed by atoms with Crippen molar-refractivity contribution < 1.29 is 27.8 Å². The summed E-state index contributed by atoms with van der Waals surface area (Å²) in [6.45, 7) is 2.60. The maximum atomic E-state index is 13.1. The lowest BCUT2D eigenvalue weighted by atomic mass is 9.83. The van der Waals surface area contributed by atoms with E-state index in [-0.39, 0.29) is 33.9 Å². The van der Waals surface area contributed by atoms with Gasteiger partial charge in [0.1, 0.15) is 12.4 Å². The maximum absolute atomic E-state index is 13.1. The number of rotatable bonds is 8.